The Balaban J connectivity index is 0.000000182. The second-order valence-corrected chi connectivity index (χ2v) is 5.36. The summed E-state index contributed by atoms with van der Waals surface area (Å²) in [7, 11) is 3.21. The zero-order valence-electron chi connectivity index (χ0n) is 14.2. The van der Waals surface area contributed by atoms with E-state index in [1.54, 1.807) is 33.3 Å². The van der Waals surface area contributed by atoms with Crippen LogP contribution in [0.25, 0.3) is 0 Å². The topological polar surface area (TPSA) is 54.0 Å². The smallest absolute Gasteiger partial charge is 0.316 e. The van der Waals surface area contributed by atoms with Crippen LogP contribution in [0.4, 0.5) is 0 Å². The van der Waals surface area contributed by atoms with Crippen molar-refractivity contribution in [2.45, 2.75) is 13.5 Å². The minimum absolute atomic E-state index is 0.236. The number of methoxy groups -OCH3 is 2. The van der Waals surface area contributed by atoms with Gasteiger partial charge < -0.3 is 18.9 Å². The molecule has 0 N–H and O–H groups in total. The highest BCUT2D eigenvalue weighted by molar-refractivity contribution is 5.74. The Labute approximate surface area is 142 Å². The third-order valence-corrected chi connectivity index (χ3v) is 3.40. The van der Waals surface area contributed by atoms with E-state index in [9.17, 15) is 4.79 Å². The van der Waals surface area contributed by atoms with Crippen LogP contribution in [0.5, 0.6) is 17.2 Å². The Bertz CT molecular complexity index is 654. The third kappa shape index (κ3) is 4.99. The molecule has 1 atom stereocenters. The van der Waals surface area contributed by atoms with E-state index in [1.165, 1.54) is 5.56 Å². The summed E-state index contributed by atoms with van der Waals surface area (Å²) in [5, 5.41) is 0. The van der Waals surface area contributed by atoms with Gasteiger partial charge >= 0.3 is 5.97 Å². The number of hydrogen-bond acceptors (Lipinski definition) is 5. The molecule has 2 bridgehead atoms. The zero-order chi connectivity index (χ0) is 17.4. The van der Waals surface area contributed by atoms with Gasteiger partial charge in [-0.2, -0.15) is 0 Å². The first-order valence-electron chi connectivity index (χ1n) is 7.69. The number of hydrogen-bond donors (Lipinski definition) is 0. The largest absolute Gasteiger partial charge is 0.493 e. The summed E-state index contributed by atoms with van der Waals surface area (Å²) in [4.78, 5) is 11.4. The van der Waals surface area contributed by atoms with Gasteiger partial charge in [0.15, 0.2) is 11.5 Å². The van der Waals surface area contributed by atoms with Crippen LogP contribution >= 0.6 is 0 Å². The summed E-state index contributed by atoms with van der Waals surface area (Å²) >= 11 is 0. The minimum atomic E-state index is -0.266. The van der Waals surface area contributed by atoms with Crippen molar-refractivity contribution in [1.29, 1.82) is 0 Å². The number of fused-ring (bicyclic) bond motifs is 3. The maximum atomic E-state index is 11.4. The summed E-state index contributed by atoms with van der Waals surface area (Å²) in [6, 6.07) is 15.0. The Hall–Kier alpha value is -2.53. The van der Waals surface area contributed by atoms with Crippen molar-refractivity contribution in [1.82, 2.24) is 0 Å². The first-order valence-corrected chi connectivity index (χ1v) is 7.69. The third-order valence-electron chi connectivity index (χ3n) is 3.40. The van der Waals surface area contributed by atoms with Gasteiger partial charge in [-0.1, -0.05) is 24.3 Å². The molecule has 0 saturated carbocycles. The summed E-state index contributed by atoms with van der Waals surface area (Å²) in [6.07, 6.45) is 0. The number of rotatable bonds is 5. The quantitative estimate of drug-likeness (QED) is 0.621. The SMILES string of the molecule is COCC(C)C(=O)Oc1ccccc1.COc1cc2ccc1OC2. The maximum absolute atomic E-state index is 11.4. The standard InChI is InChI=1S/C11H14O3.C8H8O2/c1-9(8-13-2)11(12)14-10-6-4-3-5-7-10;1-9-8-4-6-2-3-7(8)10-5-6/h3-7,9H,8H2,1-2H3;2-4H,5H2,1H3. The number of carbonyl (C=O) groups excluding carboxylic acids is 1. The molecule has 5 heteroatoms. The van der Waals surface area contributed by atoms with Crippen LogP contribution in [-0.4, -0.2) is 26.8 Å². The summed E-state index contributed by atoms with van der Waals surface area (Å²) in [5.74, 6) is 1.75. The van der Waals surface area contributed by atoms with E-state index in [4.69, 9.17) is 18.9 Å². The zero-order valence-corrected chi connectivity index (χ0v) is 14.2. The monoisotopic (exact) mass is 330 g/mol. The number of para-hydroxylation sites is 1. The molecule has 0 radical (unpaired) electrons. The molecule has 24 heavy (non-hydrogen) atoms. The van der Waals surface area contributed by atoms with E-state index in [0.29, 0.717) is 19.0 Å². The lowest BCUT2D eigenvalue weighted by molar-refractivity contribution is -0.139. The second kappa shape index (κ2) is 8.93. The molecule has 0 saturated heterocycles. The fourth-order valence-corrected chi connectivity index (χ4v) is 2.11. The van der Waals surface area contributed by atoms with Gasteiger partial charge in [-0.3, -0.25) is 4.79 Å². The molecule has 2 heterocycles. The molecule has 0 aliphatic carbocycles. The van der Waals surface area contributed by atoms with Gasteiger partial charge in [0, 0.05) is 7.11 Å². The summed E-state index contributed by atoms with van der Waals surface area (Å²) in [5.41, 5.74) is 1.17. The predicted octanol–water partition coefficient (Wildman–Crippen LogP) is 3.46. The molecule has 128 valence electrons. The summed E-state index contributed by atoms with van der Waals surface area (Å²) < 4.78 is 20.3. The molecule has 5 nitrogen and oxygen atoms in total. The van der Waals surface area contributed by atoms with E-state index in [0.717, 1.165) is 11.5 Å². The maximum Gasteiger partial charge on any atom is 0.316 e. The molecular weight excluding hydrogens is 308 g/mol. The Morgan fingerprint density at radius 2 is 1.92 bits per heavy atom. The molecule has 0 amide bonds. The molecule has 2 aromatic rings. The fraction of sp³-hybridized carbons (Fsp3) is 0.316. The normalized spacial score (nSPS) is 12.5. The lowest BCUT2D eigenvalue weighted by Crippen LogP contribution is -2.21. The van der Waals surface area contributed by atoms with E-state index in [2.05, 4.69) is 0 Å². The van der Waals surface area contributed by atoms with Crippen molar-refractivity contribution in [2.75, 3.05) is 20.8 Å². The Morgan fingerprint density at radius 1 is 1.17 bits per heavy atom. The molecule has 0 aromatic heterocycles. The predicted molar refractivity (Wildman–Crippen MR) is 90.4 cm³/mol. The van der Waals surface area contributed by atoms with Gasteiger partial charge in [0.05, 0.1) is 19.6 Å². The van der Waals surface area contributed by atoms with Gasteiger partial charge in [-0.15, -0.1) is 0 Å². The van der Waals surface area contributed by atoms with Gasteiger partial charge in [0.25, 0.3) is 0 Å². The van der Waals surface area contributed by atoms with Crippen LogP contribution in [0.1, 0.15) is 12.5 Å². The molecular formula is C19H22O5. The van der Waals surface area contributed by atoms with Crippen LogP contribution in [0.2, 0.25) is 0 Å². The first kappa shape index (κ1) is 17.8. The number of ether oxygens (including phenoxy) is 4. The van der Waals surface area contributed by atoms with Crippen LogP contribution in [-0.2, 0) is 16.1 Å². The van der Waals surface area contributed by atoms with E-state index < -0.39 is 0 Å². The van der Waals surface area contributed by atoms with Gasteiger partial charge in [0.1, 0.15) is 12.4 Å². The van der Waals surface area contributed by atoms with E-state index >= 15 is 0 Å². The second-order valence-electron chi connectivity index (χ2n) is 5.36. The van der Waals surface area contributed by atoms with Crippen molar-refractivity contribution >= 4 is 5.97 Å². The number of benzene rings is 2. The van der Waals surface area contributed by atoms with Crippen molar-refractivity contribution in [3.63, 3.8) is 0 Å². The highest BCUT2D eigenvalue weighted by atomic mass is 16.5. The van der Waals surface area contributed by atoms with Gasteiger partial charge in [0.2, 0.25) is 0 Å². The molecule has 0 spiro atoms. The number of carbonyl (C=O) groups is 1. The molecule has 4 rings (SSSR count). The fourth-order valence-electron chi connectivity index (χ4n) is 2.11. The average molecular weight is 330 g/mol. The summed E-state index contributed by atoms with van der Waals surface area (Å²) in [6.45, 7) is 2.85. The molecule has 0 fully saturated rings. The highest BCUT2D eigenvalue weighted by Gasteiger charge is 2.14. The van der Waals surface area contributed by atoms with Crippen LogP contribution in [0.3, 0.4) is 0 Å². The van der Waals surface area contributed by atoms with Crippen molar-refractivity contribution in [3.8, 4) is 17.2 Å². The van der Waals surface area contributed by atoms with Gasteiger partial charge in [-0.25, -0.2) is 0 Å². The van der Waals surface area contributed by atoms with Crippen LogP contribution in [0, 0.1) is 5.92 Å². The molecule has 2 aliphatic rings. The van der Waals surface area contributed by atoms with Crippen LogP contribution in [0.15, 0.2) is 48.5 Å². The van der Waals surface area contributed by atoms with Gasteiger partial charge in [-0.05, 0) is 36.8 Å². The van der Waals surface area contributed by atoms with Crippen LogP contribution < -0.4 is 14.2 Å². The van der Waals surface area contributed by atoms with Crippen molar-refractivity contribution < 1.29 is 23.7 Å². The number of esters is 1. The molecule has 2 aromatic carbocycles. The van der Waals surface area contributed by atoms with E-state index in [-0.39, 0.29) is 11.9 Å². The average Bonchev–Trinajstić information content (AvgIpc) is 2.64. The van der Waals surface area contributed by atoms with E-state index in [1.807, 2.05) is 36.4 Å². The lowest BCUT2D eigenvalue weighted by Gasteiger charge is -2.17. The first-order chi connectivity index (χ1) is 11.6. The Kier molecular flexibility index (Phi) is 6.63. The minimum Gasteiger partial charge on any atom is -0.493 e. The highest BCUT2D eigenvalue weighted by Crippen LogP contribution is 2.32. The lowest BCUT2D eigenvalue weighted by atomic mass is 10.2. The van der Waals surface area contributed by atoms with Crippen molar-refractivity contribution in [3.05, 3.63) is 54.1 Å². The molecule has 2 aliphatic heterocycles. The Morgan fingerprint density at radius 3 is 2.38 bits per heavy atom. The molecule has 1 unspecified atom stereocenters. The van der Waals surface area contributed by atoms with Crippen molar-refractivity contribution in [2.24, 2.45) is 5.92 Å².